The molecule has 1 aliphatic heterocycles. The summed E-state index contributed by atoms with van der Waals surface area (Å²) in [6.07, 6.45) is -0.650. The minimum Gasteiger partial charge on any atom is -0.481 e. The molecule has 0 radical (unpaired) electrons. The Balaban J connectivity index is 2.09. The van der Waals surface area contributed by atoms with Gasteiger partial charge in [-0.2, -0.15) is 0 Å². The summed E-state index contributed by atoms with van der Waals surface area (Å²) < 4.78 is 0. The number of amides is 1. The summed E-state index contributed by atoms with van der Waals surface area (Å²) in [5.41, 5.74) is 1.61. The fraction of sp³-hybridized carbons (Fsp3) is 0.308. The van der Waals surface area contributed by atoms with Crippen molar-refractivity contribution in [2.75, 3.05) is 11.9 Å². The molecule has 0 fully saturated rings. The molecule has 2 rings (SSSR count). The summed E-state index contributed by atoms with van der Waals surface area (Å²) >= 11 is 0. The number of para-hydroxylation sites is 1. The molecule has 1 aromatic carbocycles. The van der Waals surface area contributed by atoms with Gasteiger partial charge in [0.25, 0.3) is 0 Å². The summed E-state index contributed by atoms with van der Waals surface area (Å²) in [5, 5.41) is 22.9. The number of fused-ring (bicyclic) bond motifs is 1. The van der Waals surface area contributed by atoms with Crippen molar-refractivity contribution < 1.29 is 24.6 Å². The van der Waals surface area contributed by atoms with E-state index in [2.05, 4.69) is 10.6 Å². The lowest BCUT2D eigenvalue weighted by Gasteiger charge is -2.16. The molecule has 2 atom stereocenters. The first kappa shape index (κ1) is 13.9. The van der Waals surface area contributed by atoms with Crippen LogP contribution in [-0.4, -0.2) is 40.6 Å². The van der Waals surface area contributed by atoms with Gasteiger partial charge in [-0.1, -0.05) is 18.2 Å². The Hall–Kier alpha value is -2.57. The Labute approximate surface area is 114 Å². The van der Waals surface area contributed by atoms with Crippen LogP contribution in [0.5, 0.6) is 0 Å². The summed E-state index contributed by atoms with van der Waals surface area (Å²) in [5.74, 6) is -3.64. The van der Waals surface area contributed by atoms with Gasteiger partial charge in [-0.25, -0.2) is 4.79 Å². The molecule has 0 saturated carbocycles. The number of carbonyl (C=O) groups is 3. The monoisotopic (exact) mass is 278 g/mol. The molecule has 7 heteroatoms. The maximum atomic E-state index is 12.1. The van der Waals surface area contributed by atoms with Gasteiger partial charge in [-0.15, -0.1) is 0 Å². The summed E-state index contributed by atoms with van der Waals surface area (Å²) in [7, 11) is 0. The van der Waals surface area contributed by atoms with E-state index >= 15 is 0 Å². The van der Waals surface area contributed by atoms with E-state index in [-0.39, 0.29) is 0 Å². The van der Waals surface area contributed by atoms with E-state index in [1.807, 2.05) is 12.1 Å². The van der Waals surface area contributed by atoms with Gasteiger partial charge in [-0.3, -0.25) is 9.59 Å². The van der Waals surface area contributed by atoms with Crippen LogP contribution >= 0.6 is 0 Å². The first-order valence-electron chi connectivity index (χ1n) is 6.07. The van der Waals surface area contributed by atoms with Crippen LogP contribution in [0.25, 0.3) is 0 Å². The highest BCUT2D eigenvalue weighted by atomic mass is 16.4. The molecule has 7 nitrogen and oxygen atoms in total. The number of nitrogens with one attached hydrogen (secondary N) is 2. The quantitative estimate of drug-likeness (QED) is 0.613. The molecule has 4 N–H and O–H groups in total. The molecule has 1 aromatic rings. The smallest absolute Gasteiger partial charge is 0.326 e. The highest BCUT2D eigenvalue weighted by Gasteiger charge is 2.31. The van der Waals surface area contributed by atoms with E-state index in [1.165, 1.54) is 0 Å². The van der Waals surface area contributed by atoms with Gasteiger partial charge in [0.2, 0.25) is 5.91 Å². The number of carbonyl (C=O) groups excluding carboxylic acids is 1. The van der Waals surface area contributed by atoms with Gasteiger partial charge >= 0.3 is 11.9 Å². The van der Waals surface area contributed by atoms with Crippen LogP contribution in [0.15, 0.2) is 24.3 Å². The molecule has 0 saturated heterocycles. The second-order valence-electron chi connectivity index (χ2n) is 4.52. The third-order valence-electron chi connectivity index (χ3n) is 3.14. The van der Waals surface area contributed by atoms with Crippen molar-refractivity contribution in [3.05, 3.63) is 29.8 Å². The maximum Gasteiger partial charge on any atom is 0.326 e. The second kappa shape index (κ2) is 5.60. The standard InChI is InChI=1S/C13H14N2O5/c16-11(17)5-10(13(19)20)15-12(18)8-6-14-9-4-2-1-3-7(8)9/h1-4,8,10,14H,5-6H2,(H,15,18)(H,16,17)(H,19,20). The van der Waals surface area contributed by atoms with Crippen LogP contribution in [0, 0.1) is 0 Å². The number of carboxylic acids is 2. The molecule has 1 amide bonds. The normalized spacial score (nSPS) is 17.7. The average molecular weight is 278 g/mol. The Morgan fingerprint density at radius 2 is 2.00 bits per heavy atom. The average Bonchev–Trinajstić information content (AvgIpc) is 2.81. The van der Waals surface area contributed by atoms with Crippen molar-refractivity contribution in [2.24, 2.45) is 0 Å². The van der Waals surface area contributed by atoms with Gasteiger partial charge in [-0.05, 0) is 11.6 Å². The van der Waals surface area contributed by atoms with Crippen molar-refractivity contribution in [1.82, 2.24) is 5.32 Å². The van der Waals surface area contributed by atoms with Crippen molar-refractivity contribution in [3.8, 4) is 0 Å². The van der Waals surface area contributed by atoms with Gasteiger partial charge in [0.1, 0.15) is 6.04 Å². The van der Waals surface area contributed by atoms with Crippen molar-refractivity contribution >= 4 is 23.5 Å². The fourth-order valence-electron chi connectivity index (χ4n) is 2.16. The molecule has 20 heavy (non-hydrogen) atoms. The Morgan fingerprint density at radius 3 is 2.65 bits per heavy atom. The first-order chi connectivity index (χ1) is 9.49. The lowest BCUT2D eigenvalue weighted by atomic mass is 10.00. The zero-order chi connectivity index (χ0) is 14.7. The molecule has 2 unspecified atom stereocenters. The van der Waals surface area contributed by atoms with Crippen LogP contribution in [0.2, 0.25) is 0 Å². The van der Waals surface area contributed by atoms with E-state index in [4.69, 9.17) is 10.2 Å². The minimum atomic E-state index is -1.42. The lowest BCUT2D eigenvalue weighted by Crippen LogP contribution is -2.44. The number of rotatable bonds is 5. The van der Waals surface area contributed by atoms with Gasteiger partial charge in [0, 0.05) is 12.2 Å². The summed E-state index contributed by atoms with van der Waals surface area (Å²) in [4.78, 5) is 33.6. The number of benzene rings is 1. The topological polar surface area (TPSA) is 116 Å². The van der Waals surface area contributed by atoms with Crippen LogP contribution < -0.4 is 10.6 Å². The number of anilines is 1. The Bertz CT molecular complexity index is 557. The van der Waals surface area contributed by atoms with E-state index in [0.717, 1.165) is 11.3 Å². The van der Waals surface area contributed by atoms with Crippen LogP contribution in [0.4, 0.5) is 5.69 Å². The molecule has 0 spiro atoms. The number of hydrogen-bond acceptors (Lipinski definition) is 4. The van der Waals surface area contributed by atoms with Crippen LogP contribution in [0.1, 0.15) is 17.9 Å². The largest absolute Gasteiger partial charge is 0.481 e. The van der Waals surface area contributed by atoms with Crippen molar-refractivity contribution in [2.45, 2.75) is 18.4 Å². The minimum absolute atomic E-state index is 0.366. The summed E-state index contributed by atoms with van der Waals surface area (Å²) in [6.45, 7) is 0.366. The molecule has 0 aromatic heterocycles. The third-order valence-corrected chi connectivity index (χ3v) is 3.14. The molecule has 0 aliphatic carbocycles. The molecular formula is C13H14N2O5. The van der Waals surface area contributed by atoms with Gasteiger partial charge in [0.05, 0.1) is 12.3 Å². The lowest BCUT2D eigenvalue weighted by molar-refractivity contribution is -0.147. The Morgan fingerprint density at radius 1 is 1.30 bits per heavy atom. The number of carboxylic acid groups (broad SMARTS) is 2. The SMILES string of the molecule is O=C(O)CC(NC(=O)C1CNc2ccccc21)C(=O)O. The zero-order valence-electron chi connectivity index (χ0n) is 10.5. The molecule has 1 heterocycles. The Kier molecular flexibility index (Phi) is 3.88. The van der Waals surface area contributed by atoms with Crippen LogP contribution in [-0.2, 0) is 14.4 Å². The van der Waals surface area contributed by atoms with Gasteiger partial charge < -0.3 is 20.8 Å². The molecule has 1 aliphatic rings. The first-order valence-corrected chi connectivity index (χ1v) is 6.07. The fourth-order valence-corrected chi connectivity index (χ4v) is 2.16. The number of aliphatic carboxylic acids is 2. The molecule has 0 bridgehead atoms. The van der Waals surface area contributed by atoms with E-state index < -0.39 is 36.2 Å². The maximum absolute atomic E-state index is 12.1. The van der Waals surface area contributed by atoms with Crippen LogP contribution in [0.3, 0.4) is 0 Å². The van der Waals surface area contributed by atoms with Gasteiger partial charge in [0.15, 0.2) is 0 Å². The highest BCUT2D eigenvalue weighted by molar-refractivity contribution is 5.92. The predicted octanol–water partition coefficient (Wildman–Crippen LogP) is 0.240. The predicted molar refractivity (Wildman–Crippen MR) is 69.5 cm³/mol. The second-order valence-corrected chi connectivity index (χ2v) is 4.52. The van der Waals surface area contributed by atoms with E-state index in [1.54, 1.807) is 12.1 Å². The van der Waals surface area contributed by atoms with Crippen molar-refractivity contribution in [3.63, 3.8) is 0 Å². The third kappa shape index (κ3) is 2.87. The summed E-state index contributed by atoms with van der Waals surface area (Å²) in [6, 6.07) is 5.81. The zero-order valence-corrected chi connectivity index (χ0v) is 10.5. The van der Waals surface area contributed by atoms with E-state index in [9.17, 15) is 14.4 Å². The molecule has 106 valence electrons. The van der Waals surface area contributed by atoms with E-state index in [0.29, 0.717) is 6.54 Å². The highest BCUT2D eigenvalue weighted by Crippen LogP contribution is 2.31. The number of hydrogen-bond donors (Lipinski definition) is 4. The van der Waals surface area contributed by atoms with Crippen molar-refractivity contribution in [1.29, 1.82) is 0 Å². The molecular weight excluding hydrogens is 264 g/mol.